The average Bonchev–Trinajstić information content (AvgIpc) is 3.06. The number of amides is 1. The molecule has 0 bridgehead atoms. The summed E-state index contributed by atoms with van der Waals surface area (Å²) in [6, 6.07) is 29.6. The molecule has 3 heterocycles. The van der Waals surface area contributed by atoms with Gasteiger partial charge in [-0.05, 0) is 48.9 Å². The topological polar surface area (TPSA) is 84.2 Å². The third-order valence-electron chi connectivity index (χ3n) is 7.59. The Labute approximate surface area is 243 Å². The van der Waals surface area contributed by atoms with E-state index in [1.807, 2.05) is 41.3 Å². The van der Waals surface area contributed by atoms with Crippen LogP contribution in [0.5, 0.6) is 5.88 Å². The van der Waals surface area contributed by atoms with Crippen LogP contribution in [0.15, 0.2) is 108 Å². The molecule has 0 spiro atoms. The van der Waals surface area contributed by atoms with Gasteiger partial charge < -0.3 is 14.5 Å². The Balaban J connectivity index is 1.06. The summed E-state index contributed by atoms with van der Waals surface area (Å²) in [5.41, 5.74) is 4.41. The number of hydrogen-bond acceptors (Lipinski definition) is 6. The van der Waals surface area contributed by atoms with E-state index >= 15 is 0 Å². The molecular formula is C34H30N4O4. The Hall–Kier alpha value is -5.24. The fourth-order valence-electron chi connectivity index (χ4n) is 5.12. The van der Waals surface area contributed by atoms with Gasteiger partial charge in [-0.3, -0.25) is 18.8 Å². The van der Waals surface area contributed by atoms with Crippen LogP contribution in [0.1, 0.15) is 37.4 Å². The number of hydrogen-bond donors (Lipinski definition) is 0. The number of aromatic nitrogens is 2. The number of anilines is 1. The molecule has 1 aliphatic heterocycles. The molecular weight excluding hydrogens is 528 g/mol. The summed E-state index contributed by atoms with van der Waals surface area (Å²) in [5.74, 6) is 0.141. The van der Waals surface area contributed by atoms with Crippen molar-refractivity contribution in [3.63, 3.8) is 0 Å². The summed E-state index contributed by atoms with van der Waals surface area (Å²) in [5, 5.41) is 0. The number of carbonyl (C=O) groups is 2. The molecule has 5 aromatic rings. The number of pyridine rings is 1. The van der Waals surface area contributed by atoms with E-state index in [0.717, 1.165) is 18.7 Å². The van der Waals surface area contributed by atoms with Crippen LogP contribution in [0, 0.1) is 6.92 Å². The summed E-state index contributed by atoms with van der Waals surface area (Å²) in [6.45, 7) is 4.77. The predicted molar refractivity (Wildman–Crippen MR) is 161 cm³/mol. The lowest BCUT2D eigenvalue weighted by Crippen LogP contribution is -2.48. The molecule has 2 aromatic heterocycles. The highest BCUT2D eigenvalue weighted by molar-refractivity contribution is 6.09. The predicted octanol–water partition coefficient (Wildman–Crippen LogP) is 4.78. The van der Waals surface area contributed by atoms with Crippen LogP contribution >= 0.6 is 0 Å². The third-order valence-corrected chi connectivity index (χ3v) is 7.59. The minimum Gasteiger partial charge on any atom is -0.472 e. The van der Waals surface area contributed by atoms with Gasteiger partial charge in [0.1, 0.15) is 12.3 Å². The fourth-order valence-corrected chi connectivity index (χ4v) is 5.12. The van der Waals surface area contributed by atoms with E-state index in [-0.39, 0.29) is 23.9 Å². The number of rotatable bonds is 7. The van der Waals surface area contributed by atoms with E-state index in [4.69, 9.17) is 4.74 Å². The molecule has 0 unspecified atom stereocenters. The molecule has 1 aliphatic rings. The van der Waals surface area contributed by atoms with Crippen LogP contribution < -0.4 is 15.2 Å². The fraction of sp³-hybridized carbons (Fsp3) is 0.176. The highest BCUT2D eigenvalue weighted by Gasteiger charge is 2.22. The molecule has 210 valence electrons. The first-order chi connectivity index (χ1) is 20.5. The highest BCUT2D eigenvalue weighted by atomic mass is 16.5. The van der Waals surface area contributed by atoms with E-state index in [2.05, 4.69) is 22.0 Å². The highest BCUT2D eigenvalue weighted by Crippen LogP contribution is 2.19. The molecule has 0 radical (unpaired) electrons. The zero-order valence-corrected chi connectivity index (χ0v) is 23.3. The van der Waals surface area contributed by atoms with Gasteiger partial charge in [0.2, 0.25) is 5.88 Å². The van der Waals surface area contributed by atoms with Crippen molar-refractivity contribution >= 4 is 23.0 Å². The van der Waals surface area contributed by atoms with Gasteiger partial charge in [0, 0.05) is 54.8 Å². The van der Waals surface area contributed by atoms with Crippen molar-refractivity contribution < 1.29 is 14.3 Å². The van der Waals surface area contributed by atoms with Crippen LogP contribution in [0.4, 0.5) is 5.69 Å². The van der Waals surface area contributed by atoms with Gasteiger partial charge in [-0.25, -0.2) is 0 Å². The van der Waals surface area contributed by atoms with Crippen molar-refractivity contribution in [3.8, 4) is 5.88 Å². The molecule has 6 rings (SSSR count). The van der Waals surface area contributed by atoms with Crippen LogP contribution in [0.2, 0.25) is 0 Å². The lowest BCUT2D eigenvalue weighted by molar-refractivity contribution is 0.0746. The second-order valence-electron chi connectivity index (χ2n) is 10.3. The Kier molecular flexibility index (Phi) is 7.51. The number of benzene rings is 3. The van der Waals surface area contributed by atoms with Crippen molar-refractivity contribution in [1.82, 2.24) is 14.3 Å². The van der Waals surface area contributed by atoms with Gasteiger partial charge in [-0.15, -0.1) is 0 Å². The minimum absolute atomic E-state index is 0.0232. The maximum Gasteiger partial charge on any atom is 0.264 e. The number of ether oxygens (including phenoxy) is 1. The summed E-state index contributed by atoms with van der Waals surface area (Å²) >= 11 is 0. The second-order valence-corrected chi connectivity index (χ2v) is 10.3. The largest absolute Gasteiger partial charge is 0.472 e. The van der Waals surface area contributed by atoms with Gasteiger partial charge in [0.15, 0.2) is 5.78 Å². The molecule has 1 fully saturated rings. The number of fused-ring (bicyclic) bond motifs is 1. The van der Waals surface area contributed by atoms with Crippen LogP contribution in [0.25, 0.3) is 5.65 Å². The Morgan fingerprint density at radius 1 is 0.762 bits per heavy atom. The zero-order valence-electron chi connectivity index (χ0n) is 23.3. The number of para-hydroxylation sites is 1. The summed E-state index contributed by atoms with van der Waals surface area (Å²) in [6.07, 6.45) is 1.68. The van der Waals surface area contributed by atoms with Crippen molar-refractivity contribution in [1.29, 1.82) is 0 Å². The summed E-state index contributed by atoms with van der Waals surface area (Å²) in [4.78, 5) is 47.4. The maximum absolute atomic E-state index is 13.1. The number of carbonyl (C=O) groups excluding carboxylic acids is 2. The quantitative estimate of drug-likeness (QED) is 0.268. The Morgan fingerprint density at radius 3 is 2.07 bits per heavy atom. The summed E-state index contributed by atoms with van der Waals surface area (Å²) in [7, 11) is 0. The van der Waals surface area contributed by atoms with E-state index in [1.165, 1.54) is 10.1 Å². The lowest BCUT2D eigenvalue weighted by atomic mass is 10.0. The van der Waals surface area contributed by atoms with Crippen LogP contribution in [-0.4, -0.2) is 52.2 Å². The lowest BCUT2D eigenvalue weighted by Gasteiger charge is -2.36. The first kappa shape index (κ1) is 27.0. The standard InChI is InChI=1S/C34H30N4O4/c1-24-32(35-30-9-5-6-18-38(30)33(24)40)42-23-25-10-12-26(13-11-25)31(39)27-14-16-28(17-15-27)34(41)37-21-19-36(20-22-37)29-7-3-2-4-8-29/h2-18H,19-23H2,1H3. The van der Waals surface area contributed by atoms with Gasteiger partial charge in [0.05, 0.1) is 5.56 Å². The van der Waals surface area contributed by atoms with E-state index in [0.29, 0.717) is 46.9 Å². The minimum atomic E-state index is -0.171. The van der Waals surface area contributed by atoms with Gasteiger partial charge >= 0.3 is 0 Å². The average molecular weight is 559 g/mol. The van der Waals surface area contributed by atoms with Crippen LogP contribution in [-0.2, 0) is 6.61 Å². The SMILES string of the molecule is Cc1c(OCc2ccc(C(=O)c3ccc(C(=O)N4CCN(c5ccccc5)CC4)cc3)cc2)nc2ccccn2c1=O. The van der Waals surface area contributed by atoms with E-state index in [1.54, 1.807) is 61.7 Å². The molecule has 0 aliphatic carbocycles. The first-order valence-corrected chi connectivity index (χ1v) is 13.9. The smallest absolute Gasteiger partial charge is 0.264 e. The van der Waals surface area contributed by atoms with Crippen molar-refractivity contribution in [3.05, 3.63) is 141 Å². The monoisotopic (exact) mass is 558 g/mol. The number of piperazine rings is 1. The van der Waals surface area contributed by atoms with Crippen LogP contribution in [0.3, 0.4) is 0 Å². The molecule has 3 aromatic carbocycles. The molecule has 1 saturated heterocycles. The van der Waals surface area contributed by atoms with Crippen molar-refractivity contribution in [2.24, 2.45) is 0 Å². The molecule has 42 heavy (non-hydrogen) atoms. The number of ketones is 1. The third kappa shape index (κ3) is 5.51. The molecule has 0 atom stereocenters. The van der Waals surface area contributed by atoms with E-state index < -0.39 is 0 Å². The Morgan fingerprint density at radius 2 is 1.38 bits per heavy atom. The Bertz CT molecular complexity index is 1790. The second kappa shape index (κ2) is 11.7. The molecule has 1 amide bonds. The summed E-state index contributed by atoms with van der Waals surface area (Å²) < 4.78 is 7.35. The van der Waals surface area contributed by atoms with Gasteiger partial charge in [0.25, 0.3) is 11.5 Å². The normalized spacial score (nSPS) is 13.3. The van der Waals surface area contributed by atoms with Gasteiger partial charge in [-0.1, -0.05) is 60.7 Å². The van der Waals surface area contributed by atoms with E-state index in [9.17, 15) is 14.4 Å². The zero-order chi connectivity index (χ0) is 29.1. The molecule has 8 nitrogen and oxygen atoms in total. The first-order valence-electron chi connectivity index (χ1n) is 13.9. The number of nitrogens with zero attached hydrogens (tertiary/aromatic N) is 4. The van der Waals surface area contributed by atoms with Crippen molar-refractivity contribution in [2.75, 3.05) is 31.1 Å². The molecule has 0 N–H and O–H groups in total. The maximum atomic E-state index is 13.1. The van der Waals surface area contributed by atoms with Crippen molar-refractivity contribution in [2.45, 2.75) is 13.5 Å². The van der Waals surface area contributed by atoms with Gasteiger partial charge in [-0.2, -0.15) is 4.98 Å². The molecule has 8 heteroatoms. The molecule has 0 saturated carbocycles.